The van der Waals surface area contributed by atoms with Gasteiger partial charge in [0.25, 0.3) is 0 Å². The topological polar surface area (TPSA) is 112 Å². The molecule has 0 atom stereocenters. The number of aryl methyl sites for hydroxylation is 3. The van der Waals surface area contributed by atoms with Gasteiger partial charge in [-0.3, -0.25) is 9.59 Å². The van der Waals surface area contributed by atoms with Gasteiger partial charge in [0, 0.05) is 6.54 Å². The van der Waals surface area contributed by atoms with E-state index in [9.17, 15) is 9.18 Å². The Balaban J connectivity index is 0.000000385. The van der Waals surface area contributed by atoms with Crippen LogP contribution in [0.15, 0.2) is 85.5 Å². The first-order chi connectivity index (χ1) is 18.4. The molecule has 3 aromatic carbocycles. The van der Waals surface area contributed by atoms with Crippen LogP contribution in [0.2, 0.25) is 0 Å². The van der Waals surface area contributed by atoms with Crippen LogP contribution >= 0.6 is 0 Å². The second-order valence-corrected chi connectivity index (χ2v) is 8.39. The lowest BCUT2D eigenvalue weighted by atomic mass is 10.1. The Labute approximate surface area is 222 Å². The highest BCUT2D eigenvalue weighted by atomic mass is 19.1. The van der Waals surface area contributed by atoms with Gasteiger partial charge < -0.3 is 15.8 Å². The Morgan fingerprint density at radius 3 is 2.13 bits per heavy atom. The van der Waals surface area contributed by atoms with Crippen LogP contribution in [0.3, 0.4) is 0 Å². The average molecular weight is 520 g/mol. The van der Waals surface area contributed by atoms with Gasteiger partial charge in [0.2, 0.25) is 12.3 Å². The van der Waals surface area contributed by atoms with Crippen molar-refractivity contribution < 1.29 is 18.7 Å². The minimum Gasteiger partial charge on any atom is -0.457 e. The molecule has 9 heteroatoms. The van der Waals surface area contributed by atoms with Gasteiger partial charge in [-0.05, 0) is 75.1 Å². The molecule has 0 fully saturated rings. The fourth-order valence-corrected chi connectivity index (χ4v) is 3.37. The lowest BCUT2D eigenvalue weighted by Gasteiger charge is -2.07. The molecular weight excluding hydrogens is 485 g/mol. The van der Waals surface area contributed by atoms with Crippen molar-refractivity contribution in [1.29, 1.82) is 0 Å². The van der Waals surface area contributed by atoms with E-state index in [0.29, 0.717) is 18.0 Å². The van der Waals surface area contributed by atoms with E-state index in [1.54, 1.807) is 12.1 Å². The van der Waals surface area contributed by atoms with Gasteiger partial charge in [-0.15, -0.1) is 0 Å². The number of nitrogens with zero attached hydrogens (tertiary/aromatic N) is 3. The van der Waals surface area contributed by atoms with Crippen LogP contribution in [0.1, 0.15) is 29.5 Å². The third-order valence-corrected chi connectivity index (χ3v) is 5.13. The number of nitrogens with one attached hydrogen (secondary N) is 1. The first-order valence-electron chi connectivity index (χ1n) is 12.2. The summed E-state index contributed by atoms with van der Waals surface area (Å²) in [4.78, 5) is 24.1. The van der Waals surface area contributed by atoms with Gasteiger partial charge in [0.05, 0.1) is 0 Å². The quantitative estimate of drug-likeness (QED) is 0.245. The molecule has 38 heavy (non-hydrogen) atoms. The van der Waals surface area contributed by atoms with E-state index in [1.807, 2.05) is 24.3 Å². The van der Waals surface area contributed by atoms with Crippen molar-refractivity contribution >= 4 is 12.3 Å². The number of carbonyl (C=O) groups is 2. The molecule has 4 rings (SSSR count). The number of aromatic nitrogens is 3. The molecule has 0 spiro atoms. The van der Waals surface area contributed by atoms with Crippen molar-refractivity contribution in [2.75, 3.05) is 6.54 Å². The minimum absolute atomic E-state index is 0.0669. The molecular formula is C29H34FN5O3. The Bertz CT molecular complexity index is 1200. The first kappa shape index (κ1) is 29.7. The molecule has 0 bridgehead atoms. The van der Waals surface area contributed by atoms with Crippen LogP contribution in [-0.4, -0.2) is 33.6 Å². The van der Waals surface area contributed by atoms with Crippen LogP contribution in [0.4, 0.5) is 4.39 Å². The van der Waals surface area contributed by atoms with Crippen LogP contribution in [0, 0.1) is 19.7 Å². The summed E-state index contributed by atoms with van der Waals surface area (Å²) in [5.74, 6) is 0.964. The molecule has 8 nitrogen and oxygen atoms in total. The van der Waals surface area contributed by atoms with Crippen molar-refractivity contribution in [3.8, 4) is 11.5 Å². The zero-order valence-electron chi connectivity index (χ0n) is 21.7. The molecule has 0 unspecified atom stereocenters. The van der Waals surface area contributed by atoms with Crippen molar-refractivity contribution in [3.05, 3.63) is 108 Å². The third kappa shape index (κ3) is 12.4. The molecule has 3 N–H and O–H groups in total. The third-order valence-electron chi connectivity index (χ3n) is 5.13. The van der Waals surface area contributed by atoms with Crippen LogP contribution in [-0.2, 0) is 22.6 Å². The molecule has 0 aliphatic carbocycles. The highest BCUT2D eigenvalue weighted by molar-refractivity contribution is 5.75. The van der Waals surface area contributed by atoms with Gasteiger partial charge in [-0.1, -0.05) is 47.5 Å². The number of hydrogen-bond donors (Lipinski definition) is 2. The number of rotatable bonds is 9. The molecule has 1 heterocycles. The van der Waals surface area contributed by atoms with E-state index >= 15 is 0 Å². The number of nitrogens with two attached hydrogens (primary N) is 1. The highest BCUT2D eigenvalue weighted by Crippen LogP contribution is 2.22. The van der Waals surface area contributed by atoms with Gasteiger partial charge in [0.15, 0.2) is 0 Å². The number of ether oxygens (including phenoxy) is 1. The lowest BCUT2D eigenvalue weighted by Crippen LogP contribution is -2.28. The number of halogens is 1. The fraction of sp³-hybridized carbons (Fsp3) is 0.241. The molecule has 0 saturated carbocycles. The van der Waals surface area contributed by atoms with E-state index in [2.05, 4.69) is 59.2 Å². The molecule has 0 aliphatic rings. The molecule has 2 amide bonds. The van der Waals surface area contributed by atoms with Gasteiger partial charge in [-0.25, -0.2) is 14.1 Å². The molecule has 0 saturated heterocycles. The number of hydrogen-bond acceptors (Lipinski definition) is 5. The summed E-state index contributed by atoms with van der Waals surface area (Å²) >= 11 is 0. The number of unbranched alkanes of at least 4 members (excludes halogenated alkanes) is 1. The van der Waals surface area contributed by atoms with Crippen molar-refractivity contribution in [3.63, 3.8) is 0 Å². The number of amides is 2. The predicted molar refractivity (Wildman–Crippen MR) is 145 cm³/mol. The molecule has 1 aromatic heterocycles. The van der Waals surface area contributed by atoms with E-state index in [4.69, 9.17) is 9.53 Å². The number of carbonyl (C=O) groups excluding carboxylic acids is 2. The second kappa shape index (κ2) is 17.0. The van der Waals surface area contributed by atoms with Crippen molar-refractivity contribution in [1.82, 2.24) is 20.1 Å². The largest absolute Gasteiger partial charge is 0.457 e. The van der Waals surface area contributed by atoms with Gasteiger partial charge >= 0.3 is 0 Å². The number of benzene rings is 3. The van der Waals surface area contributed by atoms with Gasteiger partial charge in [0.1, 0.15) is 36.5 Å². The zero-order valence-corrected chi connectivity index (χ0v) is 21.7. The fourth-order valence-electron chi connectivity index (χ4n) is 3.37. The smallest absolute Gasteiger partial charge is 0.241 e. The summed E-state index contributed by atoms with van der Waals surface area (Å²) in [5, 5.41) is 6.77. The summed E-state index contributed by atoms with van der Waals surface area (Å²) in [5.41, 5.74) is 8.05. The molecule has 0 radical (unpaired) electrons. The lowest BCUT2D eigenvalue weighted by molar-refractivity contribution is -0.121. The monoisotopic (exact) mass is 519 g/mol. The summed E-state index contributed by atoms with van der Waals surface area (Å²) < 4.78 is 20.1. The van der Waals surface area contributed by atoms with E-state index in [1.165, 1.54) is 46.2 Å². The zero-order chi connectivity index (χ0) is 27.6. The van der Waals surface area contributed by atoms with Crippen molar-refractivity contribution in [2.45, 2.75) is 39.7 Å². The minimum atomic E-state index is -0.285. The maximum absolute atomic E-state index is 12.9. The van der Waals surface area contributed by atoms with Crippen LogP contribution < -0.4 is 15.8 Å². The standard InChI is InChI=1S/C20H21FN4O2.C8H10.CH3NO/c21-17-6-10-19(11-7-17)27-18-8-4-16(5-9-18)3-1-2-12-23-20(26)13-25-15-22-14-24-25;1-7-4-3-5-8(2)6-7;2-1-3/h4-11,14-15H,1-3,12-13H2,(H,23,26);3-6H,1-2H3;1H,(H2,2,3). The Kier molecular flexibility index (Phi) is 13.3. The van der Waals surface area contributed by atoms with Crippen LogP contribution in [0.5, 0.6) is 11.5 Å². The Morgan fingerprint density at radius 2 is 1.61 bits per heavy atom. The van der Waals surface area contributed by atoms with Crippen LogP contribution in [0.25, 0.3) is 0 Å². The summed E-state index contributed by atoms with van der Waals surface area (Å²) in [7, 11) is 0. The molecule has 4 aromatic rings. The Morgan fingerprint density at radius 1 is 1.00 bits per heavy atom. The SMILES string of the molecule is Cc1cccc(C)c1.NC=O.O=C(Cn1cncn1)NCCCCc1ccc(Oc2ccc(F)cc2)cc1. The molecule has 0 aliphatic heterocycles. The van der Waals surface area contributed by atoms with E-state index in [0.717, 1.165) is 19.3 Å². The van der Waals surface area contributed by atoms with Crippen molar-refractivity contribution in [2.24, 2.45) is 5.73 Å². The predicted octanol–water partition coefficient (Wildman–Crippen LogP) is 4.75. The number of primary amides is 1. The summed E-state index contributed by atoms with van der Waals surface area (Å²) in [6.07, 6.45) is 5.97. The molecule has 200 valence electrons. The second-order valence-electron chi connectivity index (χ2n) is 8.39. The van der Waals surface area contributed by atoms with E-state index in [-0.39, 0.29) is 24.7 Å². The highest BCUT2D eigenvalue weighted by Gasteiger charge is 2.03. The normalized spacial score (nSPS) is 9.76. The average Bonchev–Trinajstić information content (AvgIpc) is 3.40. The van der Waals surface area contributed by atoms with E-state index < -0.39 is 0 Å². The summed E-state index contributed by atoms with van der Waals surface area (Å²) in [6.45, 7) is 5.04. The first-order valence-corrected chi connectivity index (χ1v) is 12.2. The van der Waals surface area contributed by atoms with Gasteiger partial charge in [-0.2, -0.15) is 5.10 Å². The maximum atomic E-state index is 12.9. The summed E-state index contributed by atoms with van der Waals surface area (Å²) in [6, 6.07) is 22.2. The maximum Gasteiger partial charge on any atom is 0.241 e. The Hall–Kier alpha value is -4.53.